The second kappa shape index (κ2) is 11.7. The fourth-order valence-corrected chi connectivity index (χ4v) is 4.09. The third-order valence-electron chi connectivity index (χ3n) is 6.16. The van der Waals surface area contributed by atoms with Crippen LogP contribution in [-0.2, 0) is 15.0 Å². The molecule has 2 aromatic carbocycles. The first kappa shape index (κ1) is 26.1. The first-order valence-corrected chi connectivity index (χ1v) is 12.1. The monoisotopic (exact) mass is 481 g/mol. The SMILES string of the molecule is CCOc1ccc(C(=O)NCC(=O)N2CCN(C(=O)C(C)(C)c3ccccc3)CC2)cc1OCC. The highest BCUT2D eigenvalue weighted by molar-refractivity contribution is 5.97. The average Bonchev–Trinajstić information content (AvgIpc) is 2.88. The number of nitrogens with one attached hydrogen (secondary N) is 1. The van der Waals surface area contributed by atoms with Crippen molar-refractivity contribution < 1.29 is 23.9 Å². The summed E-state index contributed by atoms with van der Waals surface area (Å²) in [6.45, 7) is 10.2. The maximum atomic E-state index is 13.2. The molecule has 188 valence electrons. The van der Waals surface area contributed by atoms with E-state index >= 15 is 0 Å². The van der Waals surface area contributed by atoms with Crippen LogP contribution in [0.15, 0.2) is 48.5 Å². The van der Waals surface area contributed by atoms with Crippen molar-refractivity contribution >= 4 is 17.7 Å². The second-order valence-electron chi connectivity index (χ2n) is 8.87. The van der Waals surface area contributed by atoms with E-state index in [1.165, 1.54) is 0 Å². The molecule has 0 saturated carbocycles. The van der Waals surface area contributed by atoms with E-state index < -0.39 is 5.41 Å². The number of carbonyl (C=O) groups excluding carboxylic acids is 3. The lowest BCUT2D eigenvalue weighted by atomic mass is 9.83. The molecule has 8 heteroatoms. The molecule has 1 aliphatic heterocycles. The molecule has 0 aliphatic carbocycles. The van der Waals surface area contributed by atoms with Gasteiger partial charge in [0, 0.05) is 31.7 Å². The van der Waals surface area contributed by atoms with Crippen LogP contribution in [-0.4, -0.2) is 73.5 Å². The molecule has 0 spiro atoms. The van der Waals surface area contributed by atoms with E-state index in [4.69, 9.17) is 9.47 Å². The van der Waals surface area contributed by atoms with Gasteiger partial charge in [-0.2, -0.15) is 0 Å². The molecule has 0 radical (unpaired) electrons. The predicted molar refractivity (Wildman–Crippen MR) is 134 cm³/mol. The van der Waals surface area contributed by atoms with Crippen molar-refractivity contribution in [2.75, 3.05) is 45.9 Å². The fraction of sp³-hybridized carbons (Fsp3) is 0.444. The third kappa shape index (κ3) is 6.32. The van der Waals surface area contributed by atoms with E-state index in [2.05, 4.69) is 5.32 Å². The summed E-state index contributed by atoms with van der Waals surface area (Å²) in [5.41, 5.74) is 0.718. The Labute approximate surface area is 207 Å². The number of amides is 3. The number of carbonyl (C=O) groups is 3. The molecule has 1 heterocycles. The number of hydrogen-bond donors (Lipinski definition) is 1. The van der Waals surface area contributed by atoms with Gasteiger partial charge >= 0.3 is 0 Å². The summed E-state index contributed by atoms with van der Waals surface area (Å²) in [4.78, 5) is 42.0. The van der Waals surface area contributed by atoms with Gasteiger partial charge < -0.3 is 24.6 Å². The van der Waals surface area contributed by atoms with Gasteiger partial charge in [-0.1, -0.05) is 30.3 Å². The van der Waals surface area contributed by atoms with Gasteiger partial charge in [0.1, 0.15) is 0 Å². The molecule has 1 N–H and O–H groups in total. The zero-order valence-electron chi connectivity index (χ0n) is 21.0. The third-order valence-corrected chi connectivity index (χ3v) is 6.16. The van der Waals surface area contributed by atoms with E-state index in [0.29, 0.717) is 56.5 Å². The van der Waals surface area contributed by atoms with Crippen molar-refractivity contribution in [3.8, 4) is 11.5 Å². The van der Waals surface area contributed by atoms with Crippen LogP contribution in [0.2, 0.25) is 0 Å². The van der Waals surface area contributed by atoms with E-state index in [0.717, 1.165) is 5.56 Å². The predicted octanol–water partition coefficient (Wildman–Crippen LogP) is 2.86. The van der Waals surface area contributed by atoms with Gasteiger partial charge in [0.05, 0.1) is 25.2 Å². The number of nitrogens with zero attached hydrogens (tertiary/aromatic N) is 2. The minimum atomic E-state index is -0.639. The van der Waals surface area contributed by atoms with Gasteiger partial charge in [0.25, 0.3) is 5.91 Å². The molecule has 0 unspecified atom stereocenters. The standard InChI is InChI=1S/C27H35N3O5/c1-5-34-22-13-12-20(18-23(22)35-6-2)25(32)28-19-24(31)29-14-16-30(17-15-29)26(33)27(3,4)21-10-8-7-9-11-21/h7-13,18H,5-6,14-17,19H2,1-4H3,(H,28,32). The summed E-state index contributed by atoms with van der Waals surface area (Å²) >= 11 is 0. The first-order valence-electron chi connectivity index (χ1n) is 12.1. The molecule has 0 bridgehead atoms. The summed E-state index contributed by atoms with van der Waals surface area (Å²) in [5.74, 6) is 0.576. The molecule has 0 atom stereocenters. The van der Waals surface area contributed by atoms with Gasteiger partial charge in [-0.05, 0) is 51.5 Å². The maximum absolute atomic E-state index is 13.2. The summed E-state index contributed by atoms with van der Waals surface area (Å²) in [6.07, 6.45) is 0. The highest BCUT2D eigenvalue weighted by Crippen LogP contribution is 2.29. The molecule has 1 fully saturated rings. The van der Waals surface area contributed by atoms with Crippen LogP contribution in [0.4, 0.5) is 0 Å². The van der Waals surface area contributed by atoms with E-state index in [1.807, 2.05) is 62.9 Å². The van der Waals surface area contributed by atoms with Crippen molar-refractivity contribution in [1.82, 2.24) is 15.1 Å². The molecule has 2 aromatic rings. The lowest BCUT2D eigenvalue weighted by molar-refractivity contribution is -0.142. The Kier molecular flexibility index (Phi) is 8.73. The molecule has 1 aliphatic rings. The minimum absolute atomic E-state index is 0.0460. The Hall–Kier alpha value is -3.55. The van der Waals surface area contributed by atoms with Crippen LogP contribution < -0.4 is 14.8 Å². The highest BCUT2D eigenvalue weighted by atomic mass is 16.5. The van der Waals surface area contributed by atoms with E-state index in [-0.39, 0.29) is 24.3 Å². The largest absolute Gasteiger partial charge is 0.490 e. The van der Waals surface area contributed by atoms with Gasteiger partial charge in [0.2, 0.25) is 11.8 Å². The molecule has 3 amide bonds. The van der Waals surface area contributed by atoms with Crippen molar-refractivity contribution in [2.45, 2.75) is 33.1 Å². The summed E-state index contributed by atoms with van der Waals surface area (Å²) in [5, 5.41) is 2.69. The Balaban J connectivity index is 1.52. The zero-order valence-corrected chi connectivity index (χ0v) is 21.0. The number of benzene rings is 2. The summed E-state index contributed by atoms with van der Waals surface area (Å²) in [6, 6.07) is 14.7. The second-order valence-corrected chi connectivity index (χ2v) is 8.87. The van der Waals surface area contributed by atoms with Gasteiger partial charge in [0.15, 0.2) is 11.5 Å². The quantitative estimate of drug-likeness (QED) is 0.595. The molecular weight excluding hydrogens is 446 g/mol. The van der Waals surface area contributed by atoms with Crippen molar-refractivity contribution in [3.63, 3.8) is 0 Å². The lowest BCUT2D eigenvalue weighted by Gasteiger charge is -2.38. The van der Waals surface area contributed by atoms with Crippen LogP contribution >= 0.6 is 0 Å². The first-order chi connectivity index (χ1) is 16.8. The number of hydrogen-bond acceptors (Lipinski definition) is 5. The smallest absolute Gasteiger partial charge is 0.251 e. The zero-order chi connectivity index (χ0) is 25.4. The Bertz CT molecular complexity index is 1030. The highest BCUT2D eigenvalue weighted by Gasteiger charge is 2.35. The molecule has 1 saturated heterocycles. The Morgan fingerprint density at radius 1 is 0.857 bits per heavy atom. The number of rotatable bonds is 9. The summed E-state index contributed by atoms with van der Waals surface area (Å²) < 4.78 is 11.1. The van der Waals surface area contributed by atoms with Gasteiger partial charge in [-0.15, -0.1) is 0 Å². The van der Waals surface area contributed by atoms with Crippen molar-refractivity contribution in [2.24, 2.45) is 0 Å². The van der Waals surface area contributed by atoms with E-state index in [1.54, 1.807) is 23.1 Å². The number of piperazine rings is 1. The van der Waals surface area contributed by atoms with Gasteiger partial charge in [-0.3, -0.25) is 14.4 Å². The fourth-order valence-electron chi connectivity index (χ4n) is 4.09. The van der Waals surface area contributed by atoms with Crippen LogP contribution in [0, 0.1) is 0 Å². The van der Waals surface area contributed by atoms with Gasteiger partial charge in [-0.25, -0.2) is 0 Å². The normalized spacial score (nSPS) is 13.8. The molecule has 3 rings (SSSR count). The lowest BCUT2D eigenvalue weighted by Crippen LogP contribution is -2.55. The Morgan fingerprint density at radius 2 is 1.46 bits per heavy atom. The van der Waals surface area contributed by atoms with Crippen molar-refractivity contribution in [3.05, 3.63) is 59.7 Å². The molecule has 0 aromatic heterocycles. The molecular formula is C27H35N3O5. The van der Waals surface area contributed by atoms with Crippen LogP contribution in [0.3, 0.4) is 0 Å². The van der Waals surface area contributed by atoms with Crippen molar-refractivity contribution in [1.29, 1.82) is 0 Å². The summed E-state index contributed by atoms with van der Waals surface area (Å²) in [7, 11) is 0. The minimum Gasteiger partial charge on any atom is -0.490 e. The maximum Gasteiger partial charge on any atom is 0.251 e. The molecule has 8 nitrogen and oxygen atoms in total. The van der Waals surface area contributed by atoms with Crippen LogP contribution in [0.1, 0.15) is 43.6 Å². The average molecular weight is 482 g/mol. The topological polar surface area (TPSA) is 88.2 Å². The van der Waals surface area contributed by atoms with E-state index in [9.17, 15) is 14.4 Å². The Morgan fingerprint density at radius 3 is 2.09 bits per heavy atom. The van der Waals surface area contributed by atoms with Crippen LogP contribution in [0.5, 0.6) is 11.5 Å². The van der Waals surface area contributed by atoms with Crippen LogP contribution in [0.25, 0.3) is 0 Å². The molecule has 35 heavy (non-hydrogen) atoms. The number of ether oxygens (including phenoxy) is 2.